The van der Waals surface area contributed by atoms with Crippen molar-refractivity contribution in [3.63, 3.8) is 0 Å². The average Bonchev–Trinajstić information content (AvgIpc) is 3.22. The number of hydrogen-bond acceptors (Lipinski definition) is 5. The maximum Gasteiger partial charge on any atom is 0.229 e. The zero-order chi connectivity index (χ0) is 21.8. The van der Waals surface area contributed by atoms with Gasteiger partial charge in [-0.15, -0.1) is 6.42 Å². The van der Waals surface area contributed by atoms with E-state index >= 15 is 0 Å². The predicted octanol–water partition coefficient (Wildman–Crippen LogP) is 5.30. The molecular weight excluding hydrogens is 382 g/mol. The first kappa shape index (κ1) is 20.2. The standard InChI is InChI=1S/C26H23N5/c1-4-6-7-19-10-13-24(21(5-2)16-19)31-15-14-23-18(3)28-26(30-25(23)31)29-22-11-8-20(17-27)9-12-22/h1,6-13,16H,5,14-15H2,2-3H3,(H,28,29,30)/b7-6+. The number of fused-ring (bicyclic) bond motifs is 1. The van der Waals surface area contributed by atoms with Crippen molar-refractivity contribution in [2.24, 2.45) is 0 Å². The van der Waals surface area contributed by atoms with Gasteiger partial charge in [-0.1, -0.05) is 18.9 Å². The number of allylic oxidation sites excluding steroid dienone is 1. The monoisotopic (exact) mass is 405 g/mol. The fourth-order valence-corrected chi connectivity index (χ4v) is 3.87. The lowest BCUT2D eigenvalue weighted by atomic mass is 10.0. The summed E-state index contributed by atoms with van der Waals surface area (Å²) in [6, 6.07) is 15.8. The number of hydrogen-bond donors (Lipinski definition) is 1. The number of terminal acetylenes is 1. The Kier molecular flexibility index (Phi) is 5.69. The van der Waals surface area contributed by atoms with E-state index in [1.165, 1.54) is 16.8 Å². The molecule has 0 spiro atoms. The van der Waals surface area contributed by atoms with Gasteiger partial charge >= 0.3 is 0 Å². The van der Waals surface area contributed by atoms with E-state index < -0.39 is 0 Å². The number of aryl methyl sites for hydroxylation is 2. The summed E-state index contributed by atoms with van der Waals surface area (Å²) < 4.78 is 0. The maximum absolute atomic E-state index is 8.99. The van der Waals surface area contributed by atoms with Crippen LogP contribution in [0.4, 0.5) is 23.1 Å². The minimum Gasteiger partial charge on any atom is -0.325 e. The van der Waals surface area contributed by atoms with Crippen molar-refractivity contribution in [1.29, 1.82) is 5.26 Å². The van der Waals surface area contributed by atoms with Crippen LogP contribution in [-0.4, -0.2) is 16.5 Å². The molecule has 2 heterocycles. The highest BCUT2D eigenvalue weighted by molar-refractivity contribution is 5.73. The Morgan fingerprint density at radius 3 is 2.71 bits per heavy atom. The fraction of sp³-hybridized carbons (Fsp3) is 0.192. The molecule has 31 heavy (non-hydrogen) atoms. The first-order valence-electron chi connectivity index (χ1n) is 10.3. The summed E-state index contributed by atoms with van der Waals surface area (Å²) in [6.45, 7) is 5.06. The van der Waals surface area contributed by atoms with Gasteiger partial charge in [0, 0.05) is 29.2 Å². The van der Waals surface area contributed by atoms with E-state index in [1.807, 2.05) is 25.1 Å². The number of nitrogens with zero attached hydrogens (tertiary/aromatic N) is 4. The van der Waals surface area contributed by atoms with Crippen LogP contribution in [0.3, 0.4) is 0 Å². The van der Waals surface area contributed by atoms with Gasteiger partial charge in [0.1, 0.15) is 5.82 Å². The molecule has 3 aromatic rings. The molecular formula is C26H23N5. The molecule has 0 amide bonds. The van der Waals surface area contributed by atoms with E-state index in [2.05, 4.69) is 52.3 Å². The second-order valence-electron chi connectivity index (χ2n) is 7.39. The number of nitriles is 1. The molecule has 0 unspecified atom stereocenters. The predicted molar refractivity (Wildman–Crippen MR) is 126 cm³/mol. The van der Waals surface area contributed by atoms with Gasteiger partial charge in [-0.3, -0.25) is 0 Å². The number of anilines is 4. The quantitative estimate of drug-likeness (QED) is 0.583. The summed E-state index contributed by atoms with van der Waals surface area (Å²) in [5, 5.41) is 12.3. The van der Waals surface area contributed by atoms with Gasteiger partial charge in [0.05, 0.1) is 11.6 Å². The molecule has 0 aliphatic carbocycles. The highest BCUT2D eigenvalue weighted by atomic mass is 15.3. The molecule has 1 aliphatic heterocycles. The van der Waals surface area contributed by atoms with Gasteiger partial charge in [-0.25, -0.2) is 4.98 Å². The second-order valence-corrected chi connectivity index (χ2v) is 7.39. The van der Waals surface area contributed by atoms with Crippen molar-refractivity contribution in [3.8, 4) is 18.4 Å². The molecule has 4 rings (SSSR count). The van der Waals surface area contributed by atoms with Gasteiger partial charge < -0.3 is 10.2 Å². The molecule has 1 aromatic heterocycles. The summed E-state index contributed by atoms with van der Waals surface area (Å²) >= 11 is 0. The zero-order valence-electron chi connectivity index (χ0n) is 17.7. The minimum absolute atomic E-state index is 0.555. The third-order valence-electron chi connectivity index (χ3n) is 5.45. The van der Waals surface area contributed by atoms with E-state index in [9.17, 15) is 0 Å². The summed E-state index contributed by atoms with van der Waals surface area (Å²) in [7, 11) is 0. The van der Waals surface area contributed by atoms with Gasteiger partial charge in [-0.05, 0) is 79.4 Å². The fourth-order valence-electron chi connectivity index (χ4n) is 3.87. The van der Waals surface area contributed by atoms with Crippen molar-refractivity contribution in [3.05, 3.63) is 76.5 Å². The SMILES string of the molecule is C#C/C=C/c1ccc(N2CCc3c(C)nc(Nc4ccc(C#N)cc4)nc32)c(CC)c1. The van der Waals surface area contributed by atoms with E-state index in [-0.39, 0.29) is 0 Å². The Hall–Kier alpha value is -4.09. The Bertz CT molecular complexity index is 1230. The van der Waals surface area contributed by atoms with Crippen LogP contribution in [0.1, 0.15) is 34.9 Å². The molecule has 0 bridgehead atoms. The van der Waals surface area contributed by atoms with Crippen molar-refractivity contribution >= 4 is 29.2 Å². The topological polar surface area (TPSA) is 64.8 Å². The van der Waals surface area contributed by atoms with Crippen LogP contribution in [0.2, 0.25) is 0 Å². The van der Waals surface area contributed by atoms with Crippen molar-refractivity contribution < 1.29 is 0 Å². The van der Waals surface area contributed by atoms with Gasteiger partial charge in [0.15, 0.2) is 0 Å². The Labute approximate surface area is 183 Å². The molecule has 0 fully saturated rings. The van der Waals surface area contributed by atoms with Gasteiger partial charge in [-0.2, -0.15) is 10.2 Å². The third-order valence-corrected chi connectivity index (χ3v) is 5.45. The molecule has 0 saturated heterocycles. The normalized spacial score (nSPS) is 12.5. The van der Waals surface area contributed by atoms with Gasteiger partial charge in [0.25, 0.3) is 0 Å². The van der Waals surface area contributed by atoms with Crippen LogP contribution < -0.4 is 10.2 Å². The van der Waals surface area contributed by atoms with Crippen LogP contribution in [0, 0.1) is 30.6 Å². The summed E-state index contributed by atoms with van der Waals surface area (Å²) in [6.07, 6.45) is 10.9. The molecule has 0 saturated carbocycles. The van der Waals surface area contributed by atoms with Crippen molar-refractivity contribution in [2.45, 2.75) is 26.7 Å². The van der Waals surface area contributed by atoms with Crippen LogP contribution in [0.25, 0.3) is 6.08 Å². The molecule has 0 atom stereocenters. The first-order chi connectivity index (χ1) is 15.1. The van der Waals surface area contributed by atoms with E-state index in [0.29, 0.717) is 11.5 Å². The van der Waals surface area contributed by atoms with E-state index in [0.717, 1.165) is 42.1 Å². The number of nitrogens with one attached hydrogen (secondary N) is 1. The molecule has 1 N–H and O–H groups in total. The summed E-state index contributed by atoms with van der Waals surface area (Å²) in [5.74, 6) is 4.05. The first-order valence-corrected chi connectivity index (χ1v) is 10.3. The second kappa shape index (κ2) is 8.73. The molecule has 1 aliphatic rings. The molecule has 5 heteroatoms. The van der Waals surface area contributed by atoms with Crippen LogP contribution in [-0.2, 0) is 12.8 Å². The van der Waals surface area contributed by atoms with Crippen molar-refractivity contribution in [1.82, 2.24) is 9.97 Å². The van der Waals surface area contributed by atoms with Crippen LogP contribution in [0.5, 0.6) is 0 Å². The zero-order valence-corrected chi connectivity index (χ0v) is 17.7. The smallest absolute Gasteiger partial charge is 0.229 e. The number of rotatable bonds is 5. The Morgan fingerprint density at radius 2 is 2.00 bits per heavy atom. The Balaban J connectivity index is 1.68. The average molecular weight is 406 g/mol. The molecule has 5 nitrogen and oxygen atoms in total. The summed E-state index contributed by atoms with van der Waals surface area (Å²) in [5.41, 5.74) is 7.16. The largest absolute Gasteiger partial charge is 0.325 e. The molecule has 2 aromatic carbocycles. The van der Waals surface area contributed by atoms with Crippen molar-refractivity contribution in [2.75, 3.05) is 16.8 Å². The molecule has 0 radical (unpaired) electrons. The maximum atomic E-state index is 8.99. The number of benzene rings is 2. The lowest BCUT2D eigenvalue weighted by Crippen LogP contribution is -2.17. The van der Waals surface area contributed by atoms with Crippen LogP contribution in [0.15, 0.2) is 48.5 Å². The van der Waals surface area contributed by atoms with Crippen LogP contribution >= 0.6 is 0 Å². The lowest BCUT2D eigenvalue weighted by molar-refractivity contribution is 0.970. The molecule has 152 valence electrons. The Morgan fingerprint density at radius 1 is 1.19 bits per heavy atom. The lowest BCUT2D eigenvalue weighted by Gasteiger charge is -2.22. The third kappa shape index (κ3) is 4.13. The summed E-state index contributed by atoms with van der Waals surface area (Å²) in [4.78, 5) is 11.8. The van der Waals surface area contributed by atoms with Gasteiger partial charge in [0.2, 0.25) is 5.95 Å². The highest BCUT2D eigenvalue weighted by Crippen LogP contribution is 2.37. The van der Waals surface area contributed by atoms with E-state index in [4.69, 9.17) is 16.7 Å². The highest BCUT2D eigenvalue weighted by Gasteiger charge is 2.26. The van der Waals surface area contributed by atoms with E-state index in [1.54, 1.807) is 18.2 Å². The minimum atomic E-state index is 0.555. The number of aromatic nitrogens is 2.